The Balaban J connectivity index is 1.97. The highest BCUT2D eigenvalue weighted by molar-refractivity contribution is 6.09. The Hall–Kier alpha value is -2.82. The topological polar surface area (TPSA) is 58.6 Å². The third kappa shape index (κ3) is 3.72. The molecule has 5 nitrogen and oxygen atoms in total. The van der Waals surface area contributed by atoms with Gasteiger partial charge in [-0.1, -0.05) is 38.1 Å². The zero-order valence-electron chi connectivity index (χ0n) is 15.4. The second-order valence-corrected chi connectivity index (χ2v) is 6.96. The number of hydrogen-bond acceptors (Lipinski definition) is 3. The van der Waals surface area contributed by atoms with Crippen LogP contribution in [0.3, 0.4) is 0 Å². The summed E-state index contributed by atoms with van der Waals surface area (Å²) in [4.78, 5) is 27.7. The van der Waals surface area contributed by atoms with E-state index in [-0.39, 0.29) is 17.7 Å². The van der Waals surface area contributed by atoms with Gasteiger partial charge in [-0.15, -0.1) is 0 Å². The maximum atomic E-state index is 13.2. The van der Waals surface area contributed by atoms with Crippen LogP contribution in [0.4, 0.5) is 5.69 Å². The molecule has 0 fully saturated rings. The number of hydrogen-bond donors (Lipinski definition) is 1. The van der Waals surface area contributed by atoms with E-state index in [1.165, 1.54) is 0 Å². The third-order valence-corrected chi connectivity index (χ3v) is 4.56. The van der Waals surface area contributed by atoms with Gasteiger partial charge in [-0.25, -0.2) is 0 Å². The van der Waals surface area contributed by atoms with E-state index >= 15 is 0 Å². The molecule has 1 atom stereocenters. The van der Waals surface area contributed by atoms with Crippen molar-refractivity contribution in [3.8, 4) is 5.75 Å². The van der Waals surface area contributed by atoms with Crippen LogP contribution in [0.5, 0.6) is 5.75 Å². The van der Waals surface area contributed by atoms with E-state index in [1.807, 2.05) is 36.4 Å². The molecule has 0 aliphatic carbocycles. The van der Waals surface area contributed by atoms with E-state index in [1.54, 1.807) is 24.1 Å². The van der Waals surface area contributed by atoms with Crippen LogP contribution < -0.4 is 10.1 Å². The summed E-state index contributed by atoms with van der Waals surface area (Å²) in [7, 11) is 1.62. The first-order valence-electron chi connectivity index (χ1n) is 8.83. The zero-order chi connectivity index (χ0) is 18.7. The number of rotatable bonds is 5. The van der Waals surface area contributed by atoms with Crippen LogP contribution in [0.1, 0.15) is 36.2 Å². The SMILES string of the molecule is COc1ccc(CN2C(=O)c3ccccc3NC(=O)C2CC(C)C)cc1. The summed E-state index contributed by atoms with van der Waals surface area (Å²) < 4.78 is 5.19. The van der Waals surface area contributed by atoms with Gasteiger partial charge in [0.1, 0.15) is 11.8 Å². The van der Waals surface area contributed by atoms with Crippen molar-refractivity contribution in [2.75, 3.05) is 12.4 Å². The second-order valence-electron chi connectivity index (χ2n) is 6.96. The minimum Gasteiger partial charge on any atom is -0.497 e. The number of para-hydroxylation sites is 1. The molecule has 3 rings (SSSR count). The molecule has 26 heavy (non-hydrogen) atoms. The minimum atomic E-state index is -0.503. The molecule has 2 aromatic rings. The molecule has 0 spiro atoms. The predicted octanol–water partition coefficient (Wildman–Crippen LogP) is 3.70. The van der Waals surface area contributed by atoms with Crippen LogP contribution in [0, 0.1) is 5.92 Å². The molecule has 0 saturated heterocycles. The van der Waals surface area contributed by atoms with E-state index in [4.69, 9.17) is 4.74 Å². The number of amides is 2. The Labute approximate surface area is 154 Å². The predicted molar refractivity (Wildman–Crippen MR) is 101 cm³/mol. The van der Waals surface area contributed by atoms with Gasteiger partial charge in [0.15, 0.2) is 0 Å². The molecule has 0 bridgehead atoms. The van der Waals surface area contributed by atoms with E-state index < -0.39 is 6.04 Å². The number of benzene rings is 2. The molecule has 1 heterocycles. The van der Waals surface area contributed by atoms with Crippen LogP contribution in [0.25, 0.3) is 0 Å². The highest BCUT2D eigenvalue weighted by Gasteiger charge is 2.35. The minimum absolute atomic E-state index is 0.125. The van der Waals surface area contributed by atoms with Crippen LogP contribution in [-0.2, 0) is 11.3 Å². The van der Waals surface area contributed by atoms with E-state index in [0.29, 0.717) is 24.2 Å². The van der Waals surface area contributed by atoms with Crippen molar-refractivity contribution < 1.29 is 14.3 Å². The molecular formula is C21H24N2O3. The van der Waals surface area contributed by atoms with Crippen molar-refractivity contribution >= 4 is 17.5 Å². The first kappa shape index (κ1) is 18.0. The number of methoxy groups -OCH3 is 1. The van der Waals surface area contributed by atoms with E-state index in [9.17, 15) is 9.59 Å². The number of carbonyl (C=O) groups is 2. The van der Waals surface area contributed by atoms with Crippen LogP contribution in [-0.4, -0.2) is 29.9 Å². The van der Waals surface area contributed by atoms with Crippen molar-refractivity contribution in [2.24, 2.45) is 5.92 Å². The van der Waals surface area contributed by atoms with Gasteiger partial charge in [-0.05, 0) is 42.2 Å². The van der Waals surface area contributed by atoms with Gasteiger partial charge < -0.3 is 15.0 Å². The number of ether oxygens (including phenoxy) is 1. The summed E-state index contributed by atoms with van der Waals surface area (Å²) in [5, 5.41) is 2.92. The standard InChI is InChI=1S/C21H24N2O3/c1-14(2)12-19-20(24)22-18-7-5-4-6-17(18)21(25)23(19)13-15-8-10-16(26-3)11-9-15/h4-11,14,19H,12-13H2,1-3H3,(H,22,24). The van der Waals surface area contributed by atoms with Gasteiger partial charge in [0, 0.05) is 6.54 Å². The van der Waals surface area contributed by atoms with Crippen molar-refractivity contribution in [2.45, 2.75) is 32.9 Å². The van der Waals surface area contributed by atoms with Crippen LogP contribution >= 0.6 is 0 Å². The quantitative estimate of drug-likeness (QED) is 0.892. The fraction of sp³-hybridized carbons (Fsp3) is 0.333. The Morgan fingerprint density at radius 2 is 1.77 bits per heavy atom. The van der Waals surface area contributed by atoms with E-state index in [0.717, 1.165) is 11.3 Å². The molecule has 0 saturated carbocycles. The fourth-order valence-electron chi connectivity index (χ4n) is 3.22. The molecule has 1 aliphatic heterocycles. The molecule has 0 aromatic heterocycles. The Morgan fingerprint density at radius 3 is 2.42 bits per heavy atom. The van der Waals surface area contributed by atoms with Gasteiger partial charge in [0.2, 0.25) is 5.91 Å². The molecular weight excluding hydrogens is 328 g/mol. The summed E-state index contributed by atoms with van der Waals surface area (Å²) in [6.07, 6.45) is 0.613. The number of nitrogens with zero attached hydrogens (tertiary/aromatic N) is 1. The fourth-order valence-corrected chi connectivity index (χ4v) is 3.22. The molecule has 2 aromatic carbocycles. The molecule has 1 N–H and O–H groups in total. The Kier molecular flexibility index (Phi) is 5.26. The van der Waals surface area contributed by atoms with Gasteiger partial charge in [0.25, 0.3) is 5.91 Å². The summed E-state index contributed by atoms with van der Waals surface area (Å²) in [5.74, 6) is 0.793. The molecule has 5 heteroatoms. The molecule has 2 amide bonds. The summed E-state index contributed by atoms with van der Waals surface area (Å²) in [5.41, 5.74) is 2.06. The highest BCUT2D eigenvalue weighted by atomic mass is 16.5. The highest BCUT2D eigenvalue weighted by Crippen LogP contribution is 2.27. The molecule has 1 unspecified atom stereocenters. The maximum absolute atomic E-state index is 13.2. The van der Waals surface area contributed by atoms with Crippen molar-refractivity contribution in [3.63, 3.8) is 0 Å². The van der Waals surface area contributed by atoms with Crippen molar-refractivity contribution in [1.82, 2.24) is 4.90 Å². The van der Waals surface area contributed by atoms with Crippen LogP contribution in [0.2, 0.25) is 0 Å². The normalized spacial score (nSPS) is 16.9. The molecule has 0 radical (unpaired) electrons. The lowest BCUT2D eigenvalue weighted by Crippen LogP contribution is -2.45. The van der Waals surface area contributed by atoms with Crippen molar-refractivity contribution in [3.05, 3.63) is 59.7 Å². The smallest absolute Gasteiger partial charge is 0.256 e. The first-order chi connectivity index (χ1) is 12.5. The maximum Gasteiger partial charge on any atom is 0.256 e. The monoisotopic (exact) mass is 352 g/mol. The number of carbonyl (C=O) groups excluding carboxylic acids is 2. The lowest BCUT2D eigenvalue weighted by molar-refractivity contribution is -0.121. The Morgan fingerprint density at radius 1 is 1.08 bits per heavy atom. The van der Waals surface area contributed by atoms with E-state index in [2.05, 4.69) is 19.2 Å². The largest absolute Gasteiger partial charge is 0.497 e. The van der Waals surface area contributed by atoms with Gasteiger partial charge in [0.05, 0.1) is 18.4 Å². The van der Waals surface area contributed by atoms with Crippen LogP contribution in [0.15, 0.2) is 48.5 Å². The van der Waals surface area contributed by atoms with Gasteiger partial charge >= 0.3 is 0 Å². The average Bonchev–Trinajstić information content (AvgIpc) is 2.73. The number of anilines is 1. The Bertz CT molecular complexity index is 799. The van der Waals surface area contributed by atoms with Crippen molar-refractivity contribution in [1.29, 1.82) is 0 Å². The second kappa shape index (κ2) is 7.60. The zero-order valence-corrected chi connectivity index (χ0v) is 15.4. The summed E-state index contributed by atoms with van der Waals surface area (Å²) in [6.45, 7) is 4.49. The molecule has 136 valence electrons. The van der Waals surface area contributed by atoms with Gasteiger partial charge in [-0.2, -0.15) is 0 Å². The lowest BCUT2D eigenvalue weighted by atomic mass is 10.0. The van der Waals surface area contributed by atoms with Gasteiger partial charge in [-0.3, -0.25) is 9.59 Å². The summed E-state index contributed by atoms with van der Waals surface area (Å²) in [6, 6.07) is 14.2. The number of nitrogens with one attached hydrogen (secondary N) is 1. The lowest BCUT2D eigenvalue weighted by Gasteiger charge is -2.30. The molecule has 1 aliphatic rings. The summed E-state index contributed by atoms with van der Waals surface area (Å²) >= 11 is 0. The first-order valence-corrected chi connectivity index (χ1v) is 8.83. The average molecular weight is 352 g/mol. The third-order valence-electron chi connectivity index (χ3n) is 4.56. The number of fused-ring (bicyclic) bond motifs is 1.